The Morgan fingerprint density at radius 1 is 1.00 bits per heavy atom. The van der Waals surface area contributed by atoms with E-state index in [-0.39, 0.29) is 6.42 Å². The van der Waals surface area contributed by atoms with E-state index in [4.69, 9.17) is 18.0 Å². The Balaban J connectivity index is 5.46. The van der Waals surface area contributed by atoms with Crippen LogP contribution in [0.15, 0.2) is 0 Å². The molecule has 0 heterocycles. The van der Waals surface area contributed by atoms with E-state index >= 15 is 0 Å². The Morgan fingerprint density at radius 3 is 1.80 bits per heavy atom. The summed E-state index contributed by atoms with van der Waals surface area (Å²) < 4.78 is 26.9. The zero-order valence-electron chi connectivity index (χ0n) is 12.8. The molecule has 0 aliphatic rings. The molecule has 0 aliphatic heterocycles. The molecule has 8 nitrogen and oxygen atoms in total. The van der Waals surface area contributed by atoms with Crippen molar-refractivity contribution in [2.75, 3.05) is 42.1 Å². The molecule has 0 amide bonds. The number of carbonyl (C=O) groups excluding carboxylic acids is 2. The van der Waals surface area contributed by atoms with E-state index in [1.807, 2.05) is 0 Å². The molecule has 0 saturated heterocycles. The monoisotopic (exact) mass is 309 g/mol. The fraction of sp³-hybridized carbons (Fsp3) is 0.818. The SMILES string of the molecule is CCN(C(CC(=O)OC)C(=O)OC)[Si](OC)(OC)OC. The molecule has 1 unspecified atom stereocenters. The average molecular weight is 309 g/mol. The Hall–Kier alpha value is -1.00. The number of ether oxygens (including phenoxy) is 2. The molecule has 0 saturated carbocycles. The second-order valence-corrected chi connectivity index (χ2v) is 6.59. The number of nitrogens with zero attached hydrogens (tertiary/aromatic N) is 1. The highest BCUT2D eigenvalue weighted by atomic mass is 28.4. The van der Waals surface area contributed by atoms with Crippen LogP contribution in [-0.2, 0) is 32.3 Å². The average Bonchev–Trinajstić information content (AvgIpc) is 2.50. The maximum atomic E-state index is 11.9. The van der Waals surface area contributed by atoms with Gasteiger partial charge in [-0.05, 0) is 6.54 Å². The Kier molecular flexibility index (Phi) is 8.58. The van der Waals surface area contributed by atoms with E-state index in [9.17, 15) is 9.59 Å². The highest BCUT2D eigenvalue weighted by Gasteiger charge is 2.51. The molecule has 0 aromatic rings. The lowest BCUT2D eigenvalue weighted by molar-refractivity contribution is -0.153. The van der Waals surface area contributed by atoms with Crippen molar-refractivity contribution in [3.05, 3.63) is 0 Å². The van der Waals surface area contributed by atoms with Crippen molar-refractivity contribution >= 4 is 20.9 Å². The molecule has 0 bridgehead atoms. The summed E-state index contributed by atoms with van der Waals surface area (Å²) in [5.41, 5.74) is 0. The fourth-order valence-corrected chi connectivity index (χ4v) is 4.07. The lowest BCUT2D eigenvalue weighted by Gasteiger charge is -2.38. The molecule has 0 aliphatic carbocycles. The van der Waals surface area contributed by atoms with Crippen LogP contribution in [0.25, 0.3) is 0 Å². The van der Waals surface area contributed by atoms with Crippen molar-refractivity contribution in [2.45, 2.75) is 19.4 Å². The third-order valence-corrected chi connectivity index (χ3v) is 5.78. The van der Waals surface area contributed by atoms with Gasteiger partial charge in [-0.25, -0.2) is 4.57 Å². The topological polar surface area (TPSA) is 83.5 Å². The van der Waals surface area contributed by atoms with Crippen LogP contribution in [0.4, 0.5) is 0 Å². The van der Waals surface area contributed by atoms with Crippen LogP contribution in [0.1, 0.15) is 13.3 Å². The first-order valence-electron chi connectivity index (χ1n) is 6.03. The zero-order valence-corrected chi connectivity index (χ0v) is 13.8. The van der Waals surface area contributed by atoms with Crippen molar-refractivity contribution in [1.29, 1.82) is 0 Å². The van der Waals surface area contributed by atoms with Crippen LogP contribution in [0, 0.1) is 0 Å². The van der Waals surface area contributed by atoms with Crippen molar-refractivity contribution in [1.82, 2.24) is 4.57 Å². The van der Waals surface area contributed by atoms with Crippen LogP contribution >= 0.6 is 0 Å². The van der Waals surface area contributed by atoms with Gasteiger partial charge in [0.1, 0.15) is 6.04 Å². The maximum absolute atomic E-state index is 11.9. The first-order valence-corrected chi connectivity index (χ1v) is 7.70. The van der Waals surface area contributed by atoms with E-state index in [2.05, 4.69) is 4.74 Å². The summed E-state index contributed by atoms with van der Waals surface area (Å²) in [7, 11) is 3.53. The minimum absolute atomic E-state index is 0.179. The minimum Gasteiger partial charge on any atom is -0.469 e. The van der Waals surface area contributed by atoms with Gasteiger partial charge in [-0.1, -0.05) is 6.92 Å². The first kappa shape index (κ1) is 19.0. The number of carbonyl (C=O) groups is 2. The quantitative estimate of drug-likeness (QED) is 0.427. The van der Waals surface area contributed by atoms with Crippen molar-refractivity contribution < 1.29 is 32.3 Å². The highest BCUT2D eigenvalue weighted by molar-refractivity contribution is 6.57. The van der Waals surface area contributed by atoms with Gasteiger partial charge in [-0.15, -0.1) is 0 Å². The fourth-order valence-electron chi connectivity index (χ4n) is 1.90. The Labute approximate surface area is 120 Å². The summed E-state index contributed by atoms with van der Waals surface area (Å²) in [4.78, 5) is 23.4. The molecule has 20 heavy (non-hydrogen) atoms. The molecule has 0 fully saturated rings. The van der Waals surface area contributed by atoms with Gasteiger partial charge < -0.3 is 22.8 Å². The number of rotatable bonds is 9. The van der Waals surface area contributed by atoms with Crippen LogP contribution in [-0.4, -0.2) is 73.6 Å². The van der Waals surface area contributed by atoms with E-state index in [1.54, 1.807) is 11.5 Å². The van der Waals surface area contributed by atoms with Crippen LogP contribution in [0.2, 0.25) is 0 Å². The summed E-state index contributed by atoms with van der Waals surface area (Å²) in [5.74, 6) is -1.12. The van der Waals surface area contributed by atoms with Crippen LogP contribution < -0.4 is 0 Å². The van der Waals surface area contributed by atoms with Gasteiger partial charge in [0.05, 0.1) is 20.6 Å². The summed E-state index contributed by atoms with van der Waals surface area (Å²) in [6.45, 7) is 2.17. The van der Waals surface area contributed by atoms with Gasteiger partial charge in [-0.3, -0.25) is 9.59 Å². The molecule has 0 radical (unpaired) electrons. The lowest BCUT2D eigenvalue weighted by atomic mass is 10.2. The summed E-state index contributed by atoms with van der Waals surface area (Å²) in [6.07, 6.45) is -0.179. The third-order valence-electron chi connectivity index (χ3n) is 2.90. The Bertz CT molecular complexity index is 314. The molecule has 9 heteroatoms. The number of hydrogen-bond donors (Lipinski definition) is 0. The molecule has 0 rings (SSSR count). The van der Waals surface area contributed by atoms with Crippen molar-refractivity contribution in [2.24, 2.45) is 0 Å². The van der Waals surface area contributed by atoms with Gasteiger partial charge in [0.15, 0.2) is 0 Å². The molecule has 0 aromatic carbocycles. The highest BCUT2D eigenvalue weighted by Crippen LogP contribution is 2.19. The predicted molar refractivity (Wildman–Crippen MR) is 71.6 cm³/mol. The van der Waals surface area contributed by atoms with E-state index in [0.29, 0.717) is 6.54 Å². The third kappa shape index (κ3) is 4.25. The Morgan fingerprint density at radius 2 is 1.50 bits per heavy atom. The number of esters is 2. The van der Waals surface area contributed by atoms with E-state index < -0.39 is 26.9 Å². The summed E-state index contributed by atoms with van der Waals surface area (Å²) in [6, 6.07) is -0.899. The minimum atomic E-state index is -3.24. The second-order valence-electron chi connectivity index (χ2n) is 3.74. The van der Waals surface area contributed by atoms with Gasteiger partial charge >= 0.3 is 20.9 Å². The standard InChI is InChI=1S/C11H23NO7Si/c1-7-12(20(17-4,18-5)19-6)9(11(14)16-3)8-10(13)15-2/h9H,7-8H2,1-6H3. The number of likely N-dealkylation sites (N-methyl/N-ethyl adjacent to an activating group) is 1. The van der Waals surface area contributed by atoms with Crippen LogP contribution in [0.3, 0.4) is 0 Å². The molecule has 118 valence electrons. The van der Waals surface area contributed by atoms with Crippen molar-refractivity contribution in [3.63, 3.8) is 0 Å². The summed E-state index contributed by atoms with van der Waals surface area (Å²) in [5, 5.41) is 0. The second kappa shape index (κ2) is 9.03. The predicted octanol–water partition coefficient (Wildman–Crippen LogP) is -0.212. The van der Waals surface area contributed by atoms with Crippen LogP contribution in [0.5, 0.6) is 0 Å². The number of hydrogen-bond acceptors (Lipinski definition) is 8. The van der Waals surface area contributed by atoms with Crippen molar-refractivity contribution in [3.8, 4) is 0 Å². The van der Waals surface area contributed by atoms with E-state index in [0.717, 1.165) is 0 Å². The van der Waals surface area contributed by atoms with Gasteiger partial charge in [-0.2, -0.15) is 0 Å². The smallest absolute Gasteiger partial charge is 0.469 e. The number of methoxy groups -OCH3 is 2. The maximum Gasteiger partial charge on any atom is 0.599 e. The molecular weight excluding hydrogens is 286 g/mol. The molecule has 0 spiro atoms. The normalized spacial score (nSPS) is 13.2. The lowest BCUT2D eigenvalue weighted by Crippen LogP contribution is -2.64. The largest absolute Gasteiger partial charge is 0.599 e. The first-order chi connectivity index (χ1) is 9.45. The molecule has 0 N–H and O–H groups in total. The molecular formula is C11H23NO7Si. The molecule has 0 aromatic heterocycles. The van der Waals surface area contributed by atoms with Gasteiger partial charge in [0.25, 0.3) is 0 Å². The van der Waals surface area contributed by atoms with Gasteiger partial charge in [0.2, 0.25) is 0 Å². The summed E-state index contributed by atoms with van der Waals surface area (Å²) >= 11 is 0. The zero-order chi connectivity index (χ0) is 15.8. The van der Waals surface area contributed by atoms with E-state index in [1.165, 1.54) is 35.5 Å². The molecule has 1 atom stereocenters. The van der Waals surface area contributed by atoms with Gasteiger partial charge in [0, 0.05) is 21.3 Å².